The van der Waals surface area contributed by atoms with Gasteiger partial charge in [-0.25, -0.2) is 4.79 Å². The Morgan fingerprint density at radius 3 is 2.40 bits per heavy atom. The second-order valence-electron chi connectivity index (χ2n) is 4.70. The highest BCUT2D eigenvalue weighted by Gasteiger charge is 2.18. The first kappa shape index (κ1) is 16.7. The Morgan fingerprint density at radius 1 is 1.25 bits per heavy atom. The number of esters is 1. The summed E-state index contributed by atoms with van der Waals surface area (Å²) >= 11 is 3.38. The van der Waals surface area contributed by atoms with E-state index >= 15 is 0 Å². The second-order valence-corrected chi connectivity index (χ2v) is 5.61. The SMILES string of the molecule is CCOC(=O)C(C)NC(=O)CC(C)c1ccc(Br)cc1. The Labute approximate surface area is 128 Å². The van der Waals surface area contributed by atoms with E-state index in [1.54, 1.807) is 13.8 Å². The van der Waals surface area contributed by atoms with E-state index in [4.69, 9.17) is 4.74 Å². The lowest BCUT2D eigenvalue weighted by molar-refractivity contribution is -0.146. The summed E-state index contributed by atoms with van der Waals surface area (Å²) in [4.78, 5) is 23.3. The standard InChI is InChI=1S/C15H20BrNO3/c1-4-20-15(19)11(3)17-14(18)9-10(2)12-5-7-13(16)8-6-12/h5-8,10-11H,4,9H2,1-3H3,(H,17,18). The molecule has 0 aliphatic carbocycles. The fraction of sp³-hybridized carbons (Fsp3) is 0.467. The molecule has 0 aliphatic heterocycles. The monoisotopic (exact) mass is 341 g/mol. The second kappa shape index (κ2) is 8.04. The van der Waals surface area contributed by atoms with Crippen LogP contribution in [-0.4, -0.2) is 24.5 Å². The lowest BCUT2D eigenvalue weighted by Gasteiger charge is -2.15. The fourth-order valence-electron chi connectivity index (χ4n) is 1.81. The van der Waals surface area contributed by atoms with E-state index < -0.39 is 12.0 Å². The zero-order chi connectivity index (χ0) is 15.1. The van der Waals surface area contributed by atoms with Crippen LogP contribution < -0.4 is 5.32 Å². The van der Waals surface area contributed by atoms with Crippen LogP contribution in [0.1, 0.15) is 38.7 Å². The molecule has 0 bridgehead atoms. The fourth-order valence-corrected chi connectivity index (χ4v) is 2.08. The minimum absolute atomic E-state index is 0.0949. The van der Waals surface area contributed by atoms with Crippen LogP contribution in [-0.2, 0) is 14.3 Å². The number of hydrogen-bond acceptors (Lipinski definition) is 3. The van der Waals surface area contributed by atoms with Gasteiger partial charge in [0.1, 0.15) is 6.04 Å². The lowest BCUT2D eigenvalue weighted by Crippen LogP contribution is -2.39. The van der Waals surface area contributed by atoms with Gasteiger partial charge in [-0.2, -0.15) is 0 Å². The number of carbonyl (C=O) groups excluding carboxylic acids is 2. The van der Waals surface area contributed by atoms with E-state index in [-0.39, 0.29) is 11.8 Å². The summed E-state index contributed by atoms with van der Waals surface area (Å²) in [7, 11) is 0. The number of hydrogen-bond donors (Lipinski definition) is 1. The predicted molar refractivity (Wildman–Crippen MR) is 81.4 cm³/mol. The maximum Gasteiger partial charge on any atom is 0.328 e. The van der Waals surface area contributed by atoms with Gasteiger partial charge < -0.3 is 10.1 Å². The first-order valence-electron chi connectivity index (χ1n) is 6.65. The Hall–Kier alpha value is -1.36. The molecule has 4 nitrogen and oxygen atoms in total. The van der Waals surface area contributed by atoms with Crippen molar-refractivity contribution in [1.82, 2.24) is 5.32 Å². The van der Waals surface area contributed by atoms with Gasteiger partial charge in [0.25, 0.3) is 0 Å². The van der Waals surface area contributed by atoms with Crippen molar-refractivity contribution in [3.8, 4) is 0 Å². The average Bonchev–Trinajstić information content (AvgIpc) is 2.39. The molecule has 0 saturated carbocycles. The van der Waals surface area contributed by atoms with E-state index in [0.29, 0.717) is 13.0 Å². The van der Waals surface area contributed by atoms with E-state index in [1.807, 2.05) is 31.2 Å². The van der Waals surface area contributed by atoms with E-state index in [1.165, 1.54) is 0 Å². The Kier molecular flexibility index (Phi) is 6.71. The van der Waals surface area contributed by atoms with Crippen molar-refractivity contribution >= 4 is 27.8 Å². The van der Waals surface area contributed by atoms with Gasteiger partial charge in [-0.15, -0.1) is 0 Å². The highest BCUT2D eigenvalue weighted by Crippen LogP contribution is 2.21. The Bertz CT molecular complexity index is 459. The molecular formula is C15H20BrNO3. The van der Waals surface area contributed by atoms with Crippen molar-refractivity contribution in [2.24, 2.45) is 0 Å². The Balaban J connectivity index is 2.49. The number of ether oxygens (including phenoxy) is 1. The first-order valence-corrected chi connectivity index (χ1v) is 7.44. The van der Waals surface area contributed by atoms with Crippen molar-refractivity contribution in [3.05, 3.63) is 34.3 Å². The number of benzene rings is 1. The molecule has 0 fully saturated rings. The molecular weight excluding hydrogens is 322 g/mol. The zero-order valence-corrected chi connectivity index (χ0v) is 13.6. The molecule has 2 unspecified atom stereocenters. The summed E-state index contributed by atoms with van der Waals surface area (Å²) in [5, 5.41) is 2.65. The molecule has 1 aromatic carbocycles. The molecule has 0 saturated heterocycles. The van der Waals surface area contributed by atoms with Gasteiger partial charge in [-0.1, -0.05) is 35.0 Å². The molecule has 0 aliphatic rings. The van der Waals surface area contributed by atoms with Crippen molar-refractivity contribution < 1.29 is 14.3 Å². The number of rotatable bonds is 6. The third kappa shape index (κ3) is 5.33. The minimum atomic E-state index is -0.612. The number of carbonyl (C=O) groups is 2. The normalized spacial score (nSPS) is 13.4. The molecule has 0 heterocycles. The summed E-state index contributed by atoms with van der Waals surface area (Å²) in [6, 6.07) is 7.25. The van der Waals surface area contributed by atoms with Crippen LogP contribution in [0.3, 0.4) is 0 Å². The van der Waals surface area contributed by atoms with Gasteiger partial charge in [-0.3, -0.25) is 4.79 Å². The highest BCUT2D eigenvalue weighted by molar-refractivity contribution is 9.10. The molecule has 110 valence electrons. The molecule has 0 aromatic heterocycles. The number of nitrogens with one attached hydrogen (secondary N) is 1. The summed E-state index contributed by atoms with van der Waals surface area (Å²) < 4.78 is 5.86. The summed E-state index contributed by atoms with van der Waals surface area (Å²) in [5.74, 6) is -0.462. The average molecular weight is 342 g/mol. The molecule has 1 aromatic rings. The highest BCUT2D eigenvalue weighted by atomic mass is 79.9. The molecule has 20 heavy (non-hydrogen) atoms. The van der Waals surface area contributed by atoms with Crippen LogP contribution in [0.25, 0.3) is 0 Å². The van der Waals surface area contributed by atoms with E-state index in [9.17, 15) is 9.59 Å². The van der Waals surface area contributed by atoms with Gasteiger partial charge in [0.15, 0.2) is 0 Å². The van der Waals surface area contributed by atoms with Crippen molar-refractivity contribution in [3.63, 3.8) is 0 Å². The van der Waals surface area contributed by atoms with Crippen LogP contribution in [0.2, 0.25) is 0 Å². The maximum absolute atomic E-state index is 11.9. The number of halogens is 1. The summed E-state index contributed by atoms with van der Waals surface area (Å²) in [6.45, 7) is 5.66. The topological polar surface area (TPSA) is 55.4 Å². The van der Waals surface area contributed by atoms with Gasteiger partial charge in [0, 0.05) is 10.9 Å². The smallest absolute Gasteiger partial charge is 0.328 e. The minimum Gasteiger partial charge on any atom is -0.464 e. The molecule has 1 rings (SSSR count). The zero-order valence-electron chi connectivity index (χ0n) is 12.0. The summed E-state index contributed by atoms with van der Waals surface area (Å²) in [5.41, 5.74) is 1.09. The molecule has 1 N–H and O–H groups in total. The largest absolute Gasteiger partial charge is 0.464 e. The quantitative estimate of drug-likeness (QED) is 0.809. The molecule has 2 atom stereocenters. The van der Waals surface area contributed by atoms with E-state index in [0.717, 1.165) is 10.0 Å². The van der Waals surface area contributed by atoms with Gasteiger partial charge >= 0.3 is 5.97 Å². The molecule has 0 radical (unpaired) electrons. The van der Waals surface area contributed by atoms with Crippen molar-refractivity contribution in [1.29, 1.82) is 0 Å². The third-order valence-electron chi connectivity index (χ3n) is 2.95. The molecule has 5 heteroatoms. The third-order valence-corrected chi connectivity index (χ3v) is 3.48. The van der Waals surface area contributed by atoms with Gasteiger partial charge in [-0.05, 0) is 37.5 Å². The van der Waals surface area contributed by atoms with Gasteiger partial charge in [0.05, 0.1) is 6.61 Å². The van der Waals surface area contributed by atoms with Crippen LogP contribution in [0.4, 0.5) is 0 Å². The molecule has 0 spiro atoms. The Morgan fingerprint density at radius 2 is 1.85 bits per heavy atom. The predicted octanol–water partition coefficient (Wildman–Crippen LogP) is 3.01. The molecule has 1 amide bonds. The maximum atomic E-state index is 11.9. The number of amides is 1. The van der Waals surface area contributed by atoms with Gasteiger partial charge in [0.2, 0.25) is 5.91 Å². The first-order chi connectivity index (χ1) is 9.43. The van der Waals surface area contributed by atoms with Crippen LogP contribution in [0, 0.1) is 0 Å². The van der Waals surface area contributed by atoms with Crippen molar-refractivity contribution in [2.75, 3.05) is 6.61 Å². The van der Waals surface area contributed by atoms with Crippen LogP contribution in [0.15, 0.2) is 28.7 Å². The van der Waals surface area contributed by atoms with E-state index in [2.05, 4.69) is 21.2 Å². The summed E-state index contributed by atoms with van der Waals surface area (Å²) in [6.07, 6.45) is 0.339. The van der Waals surface area contributed by atoms with Crippen LogP contribution >= 0.6 is 15.9 Å². The van der Waals surface area contributed by atoms with Crippen LogP contribution in [0.5, 0.6) is 0 Å². The van der Waals surface area contributed by atoms with Crippen molar-refractivity contribution in [2.45, 2.75) is 39.2 Å². The lowest BCUT2D eigenvalue weighted by atomic mass is 9.97.